The molecule has 0 aromatic heterocycles. The number of carbonyl (C=O) groups is 1. The van der Waals surface area contributed by atoms with Crippen molar-refractivity contribution >= 4 is 22.1 Å². The molecule has 0 atom stereocenters. The summed E-state index contributed by atoms with van der Waals surface area (Å²) in [4.78, 5) is 27.6. The third-order valence-electron chi connectivity index (χ3n) is 0.986. The lowest BCUT2D eigenvalue weighted by Gasteiger charge is -2.17. The molecular weight excluding hydrogens is 227 g/mol. The lowest BCUT2D eigenvalue weighted by atomic mass is 10.5. The minimum absolute atomic E-state index is 0.143. The van der Waals surface area contributed by atoms with Gasteiger partial charge in [0.25, 0.3) is 5.97 Å². The van der Waals surface area contributed by atoms with Crippen molar-refractivity contribution in [1.82, 2.24) is 0 Å². The number of phosphoric acid groups is 1. The topological polar surface area (TPSA) is 93.1 Å². The Balaban J connectivity index is 3.72. The third kappa shape index (κ3) is 9.88. The molecule has 0 saturated carbocycles. The number of phosphoric ester groups is 1. The van der Waals surface area contributed by atoms with Crippen LogP contribution < -0.4 is 0 Å². The van der Waals surface area contributed by atoms with E-state index < -0.39 is 22.1 Å². The molecule has 0 spiro atoms. The Morgan fingerprint density at radius 1 is 1.36 bits per heavy atom. The lowest BCUT2D eigenvalue weighted by Crippen LogP contribution is -2.29. The Bertz CT molecular complexity index is 241. The van der Waals surface area contributed by atoms with Crippen molar-refractivity contribution in [3.63, 3.8) is 0 Å². The second kappa shape index (κ2) is 5.04. The maximum Gasteiger partial charge on any atom is 0.469 e. The average molecular weight is 242 g/mol. The molecule has 0 rings (SSSR count). The quantitative estimate of drug-likeness (QED) is 0.548. The van der Waals surface area contributed by atoms with Gasteiger partial charge < -0.3 is 14.2 Å². The fraction of sp³-hybridized carbons (Fsp3) is 0.833. The van der Waals surface area contributed by atoms with Gasteiger partial charge in [0.15, 0.2) is 0 Å². The highest BCUT2D eigenvalue weighted by molar-refractivity contribution is 7.46. The molecule has 0 radical (unpaired) electrons. The Labute approximate surface area is 83.6 Å². The van der Waals surface area contributed by atoms with Gasteiger partial charge in [-0.25, -0.2) is 4.57 Å². The fourth-order valence-corrected chi connectivity index (χ4v) is 1.75. The molecule has 0 fully saturated rings. The van der Waals surface area contributed by atoms with Crippen LogP contribution in [0.25, 0.3) is 0 Å². The summed E-state index contributed by atoms with van der Waals surface area (Å²) in [6.07, 6.45) is -0.143. The van der Waals surface area contributed by atoms with Gasteiger partial charge in [0.2, 0.25) is 8.32 Å². The summed E-state index contributed by atoms with van der Waals surface area (Å²) < 4.78 is 19.3. The van der Waals surface area contributed by atoms with Crippen LogP contribution in [0.4, 0.5) is 0 Å². The van der Waals surface area contributed by atoms with E-state index in [1.807, 2.05) is 19.6 Å². The standard InChI is InChI=1S/C6H15O6PSi/c1-14(2,3)12-6(7)4-5-11-13(8,9)10/h4-5H2,1-3H3,(H2,8,9,10). The summed E-state index contributed by atoms with van der Waals surface area (Å²) in [5.41, 5.74) is 0. The predicted molar refractivity (Wildman–Crippen MR) is 52.1 cm³/mol. The minimum atomic E-state index is -4.47. The number of hydrogen-bond acceptors (Lipinski definition) is 4. The van der Waals surface area contributed by atoms with Crippen LogP contribution in [0.2, 0.25) is 19.6 Å². The van der Waals surface area contributed by atoms with E-state index in [2.05, 4.69) is 4.52 Å². The Kier molecular flexibility index (Phi) is 4.97. The first kappa shape index (κ1) is 13.8. The first-order valence-electron chi connectivity index (χ1n) is 4.02. The van der Waals surface area contributed by atoms with E-state index in [1.165, 1.54) is 0 Å². The third-order valence-corrected chi connectivity index (χ3v) is 2.34. The fourth-order valence-electron chi connectivity index (χ4n) is 0.640. The van der Waals surface area contributed by atoms with E-state index in [4.69, 9.17) is 14.2 Å². The van der Waals surface area contributed by atoms with E-state index in [1.54, 1.807) is 0 Å². The summed E-state index contributed by atoms with van der Waals surface area (Å²) in [6, 6.07) is 0. The second-order valence-electron chi connectivity index (χ2n) is 3.66. The molecule has 0 amide bonds. The molecule has 0 aliphatic rings. The van der Waals surface area contributed by atoms with Crippen molar-refractivity contribution in [3.8, 4) is 0 Å². The van der Waals surface area contributed by atoms with Crippen LogP contribution in [-0.2, 0) is 18.3 Å². The molecule has 0 aromatic rings. The molecule has 0 aliphatic carbocycles. The van der Waals surface area contributed by atoms with Crippen molar-refractivity contribution in [2.75, 3.05) is 6.61 Å². The highest BCUT2D eigenvalue weighted by Crippen LogP contribution is 2.35. The minimum Gasteiger partial charge on any atom is -0.520 e. The highest BCUT2D eigenvalue weighted by atomic mass is 31.2. The highest BCUT2D eigenvalue weighted by Gasteiger charge is 2.21. The zero-order chi connectivity index (χ0) is 11.4. The molecule has 0 saturated heterocycles. The molecule has 0 bridgehead atoms. The Hall–Kier alpha value is -0.203. The van der Waals surface area contributed by atoms with Crippen LogP contribution in [0.1, 0.15) is 6.42 Å². The monoisotopic (exact) mass is 242 g/mol. The van der Waals surface area contributed by atoms with Crippen LogP contribution in [0.5, 0.6) is 0 Å². The van der Waals surface area contributed by atoms with Crippen LogP contribution in [0.3, 0.4) is 0 Å². The molecule has 0 heterocycles. The van der Waals surface area contributed by atoms with E-state index in [0.717, 1.165) is 0 Å². The van der Waals surface area contributed by atoms with Gasteiger partial charge in [-0.05, 0) is 19.6 Å². The van der Waals surface area contributed by atoms with E-state index in [-0.39, 0.29) is 13.0 Å². The van der Waals surface area contributed by atoms with Gasteiger partial charge in [-0.2, -0.15) is 0 Å². The van der Waals surface area contributed by atoms with Gasteiger partial charge in [-0.15, -0.1) is 0 Å². The zero-order valence-electron chi connectivity index (χ0n) is 8.39. The van der Waals surface area contributed by atoms with E-state index >= 15 is 0 Å². The summed E-state index contributed by atoms with van der Waals surface area (Å²) in [5.74, 6) is -0.488. The molecule has 8 heteroatoms. The van der Waals surface area contributed by atoms with Crippen molar-refractivity contribution in [2.45, 2.75) is 26.1 Å². The van der Waals surface area contributed by atoms with E-state index in [0.29, 0.717) is 0 Å². The van der Waals surface area contributed by atoms with Crippen molar-refractivity contribution in [2.24, 2.45) is 0 Å². The van der Waals surface area contributed by atoms with Crippen LogP contribution in [-0.4, -0.2) is 30.7 Å². The van der Waals surface area contributed by atoms with Gasteiger partial charge in [-0.1, -0.05) is 0 Å². The Morgan fingerprint density at radius 2 is 1.86 bits per heavy atom. The van der Waals surface area contributed by atoms with Gasteiger partial charge >= 0.3 is 7.82 Å². The van der Waals surface area contributed by atoms with Crippen molar-refractivity contribution in [3.05, 3.63) is 0 Å². The maximum absolute atomic E-state index is 11.0. The molecule has 0 unspecified atom stereocenters. The van der Waals surface area contributed by atoms with Crippen LogP contribution in [0, 0.1) is 0 Å². The largest absolute Gasteiger partial charge is 0.520 e. The summed E-state index contributed by atoms with van der Waals surface area (Å²) in [6.45, 7) is 5.20. The van der Waals surface area contributed by atoms with Crippen LogP contribution >= 0.6 is 7.82 Å². The number of hydrogen-bond donors (Lipinski definition) is 2. The first-order chi connectivity index (χ1) is 6.10. The SMILES string of the molecule is C[Si](C)(C)OC(=O)CCOP(=O)(O)O. The number of carbonyl (C=O) groups excluding carboxylic acids is 1. The zero-order valence-corrected chi connectivity index (χ0v) is 10.3. The van der Waals surface area contributed by atoms with Gasteiger partial charge in [0.1, 0.15) is 0 Å². The first-order valence-corrected chi connectivity index (χ1v) is 8.96. The lowest BCUT2D eigenvalue weighted by molar-refractivity contribution is -0.135. The molecule has 2 N–H and O–H groups in total. The van der Waals surface area contributed by atoms with E-state index in [9.17, 15) is 9.36 Å². The summed E-state index contributed by atoms with van der Waals surface area (Å²) in [5, 5.41) is 0. The maximum atomic E-state index is 11.0. The van der Waals surface area contributed by atoms with Gasteiger partial charge in [0.05, 0.1) is 13.0 Å². The molecule has 14 heavy (non-hydrogen) atoms. The second-order valence-corrected chi connectivity index (χ2v) is 9.33. The number of rotatable bonds is 5. The van der Waals surface area contributed by atoms with Gasteiger partial charge in [-0.3, -0.25) is 9.32 Å². The van der Waals surface area contributed by atoms with Crippen molar-refractivity contribution in [1.29, 1.82) is 0 Å². The normalized spacial score (nSPS) is 12.6. The smallest absolute Gasteiger partial charge is 0.469 e. The average Bonchev–Trinajstić information content (AvgIpc) is 1.78. The molecule has 84 valence electrons. The predicted octanol–water partition coefficient (Wildman–Crippen LogP) is 0.864. The van der Waals surface area contributed by atoms with Gasteiger partial charge in [0, 0.05) is 0 Å². The summed E-state index contributed by atoms with van der Waals surface area (Å²) >= 11 is 0. The Morgan fingerprint density at radius 3 is 2.21 bits per heavy atom. The summed E-state index contributed by atoms with van der Waals surface area (Å²) in [7, 11) is -6.38. The molecule has 6 nitrogen and oxygen atoms in total. The molecular formula is C6H15O6PSi. The molecule has 0 aromatic carbocycles. The van der Waals surface area contributed by atoms with Crippen LogP contribution in [0.15, 0.2) is 0 Å². The molecule has 0 aliphatic heterocycles. The van der Waals surface area contributed by atoms with Crippen molar-refractivity contribution < 1.29 is 28.1 Å².